The molecule has 2 aromatic rings. The average Bonchev–Trinajstić information content (AvgIpc) is 2.39. The summed E-state index contributed by atoms with van der Waals surface area (Å²) in [6.07, 6.45) is 1.09. The van der Waals surface area contributed by atoms with Crippen LogP contribution in [0.1, 0.15) is 19.0 Å². The first kappa shape index (κ1) is 12.8. The maximum atomic E-state index is 4.60. The van der Waals surface area contributed by atoms with Crippen molar-refractivity contribution in [1.82, 2.24) is 15.3 Å². The van der Waals surface area contributed by atoms with E-state index in [0.29, 0.717) is 0 Å². The summed E-state index contributed by atoms with van der Waals surface area (Å²) in [7, 11) is 0. The maximum absolute atomic E-state index is 4.60. The predicted octanol–water partition coefficient (Wildman–Crippen LogP) is 2.35. The van der Waals surface area contributed by atoms with Gasteiger partial charge >= 0.3 is 0 Å². The first-order valence-electron chi connectivity index (χ1n) is 6.49. The van der Waals surface area contributed by atoms with Crippen LogP contribution >= 0.6 is 0 Å². The summed E-state index contributed by atoms with van der Waals surface area (Å²) >= 11 is 0. The van der Waals surface area contributed by atoms with Crippen molar-refractivity contribution >= 4 is 16.9 Å². The molecule has 96 valence electrons. The van der Waals surface area contributed by atoms with E-state index >= 15 is 0 Å². The Morgan fingerprint density at radius 1 is 1.06 bits per heavy atom. The Kier molecular flexibility index (Phi) is 4.47. The second kappa shape index (κ2) is 6.31. The number of hydrogen-bond donors (Lipinski definition) is 2. The van der Waals surface area contributed by atoms with Gasteiger partial charge in [0.25, 0.3) is 0 Å². The number of benzene rings is 1. The first-order valence-corrected chi connectivity index (χ1v) is 6.49. The van der Waals surface area contributed by atoms with Crippen LogP contribution < -0.4 is 10.6 Å². The Morgan fingerprint density at radius 3 is 2.50 bits per heavy atom. The molecule has 18 heavy (non-hydrogen) atoms. The molecule has 0 atom stereocenters. The molecule has 4 nitrogen and oxygen atoms in total. The average molecular weight is 244 g/mol. The standard InChI is InChI=1S/C14H20N4/c1-3-15-9-6-10-16-14-11(2)17-12-7-4-5-8-13(12)18-14/h4-5,7-8,15H,3,6,9-10H2,1-2H3,(H,16,18). The van der Waals surface area contributed by atoms with Gasteiger partial charge in [0.15, 0.2) is 0 Å². The highest BCUT2D eigenvalue weighted by Crippen LogP contribution is 2.15. The molecule has 2 N–H and O–H groups in total. The molecule has 0 bridgehead atoms. The smallest absolute Gasteiger partial charge is 0.148 e. The lowest BCUT2D eigenvalue weighted by Crippen LogP contribution is -2.17. The molecule has 0 aliphatic rings. The molecule has 0 unspecified atom stereocenters. The Morgan fingerprint density at radius 2 is 1.78 bits per heavy atom. The molecule has 0 amide bonds. The number of aromatic nitrogens is 2. The normalized spacial score (nSPS) is 10.8. The molecule has 0 aliphatic heterocycles. The number of aryl methyl sites for hydroxylation is 1. The van der Waals surface area contributed by atoms with Crippen molar-refractivity contribution in [2.45, 2.75) is 20.3 Å². The number of anilines is 1. The largest absolute Gasteiger partial charge is 0.369 e. The van der Waals surface area contributed by atoms with Gasteiger partial charge in [-0.25, -0.2) is 9.97 Å². The van der Waals surface area contributed by atoms with E-state index in [1.807, 2.05) is 31.2 Å². The van der Waals surface area contributed by atoms with E-state index in [2.05, 4.69) is 27.5 Å². The number of hydrogen-bond acceptors (Lipinski definition) is 4. The Labute approximate surface area is 108 Å². The van der Waals surface area contributed by atoms with Crippen LogP contribution in [0.5, 0.6) is 0 Å². The van der Waals surface area contributed by atoms with Crippen molar-refractivity contribution in [3.8, 4) is 0 Å². The van der Waals surface area contributed by atoms with Gasteiger partial charge < -0.3 is 10.6 Å². The molecule has 0 radical (unpaired) electrons. The molecular weight excluding hydrogens is 224 g/mol. The minimum atomic E-state index is 0.894. The summed E-state index contributed by atoms with van der Waals surface area (Å²) < 4.78 is 0. The topological polar surface area (TPSA) is 49.8 Å². The second-order valence-corrected chi connectivity index (χ2v) is 4.28. The van der Waals surface area contributed by atoms with Crippen LogP contribution in [0, 0.1) is 6.92 Å². The monoisotopic (exact) mass is 244 g/mol. The second-order valence-electron chi connectivity index (χ2n) is 4.28. The molecule has 0 saturated heterocycles. The van der Waals surface area contributed by atoms with Gasteiger partial charge in [-0.15, -0.1) is 0 Å². The van der Waals surface area contributed by atoms with E-state index in [1.165, 1.54) is 0 Å². The van der Waals surface area contributed by atoms with Crippen molar-refractivity contribution < 1.29 is 0 Å². The minimum absolute atomic E-state index is 0.894. The number of para-hydroxylation sites is 2. The number of nitrogens with zero attached hydrogens (tertiary/aromatic N) is 2. The zero-order valence-electron chi connectivity index (χ0n) is 11.0. The number of rotatable bonds is 6. The fraction of sp³-hybridized carbons (Fsp3) is 0.429. The minimum Gasteiger partial charge on any atom is -0.369 e. The van der Waals surface area contributed by atoms with Crippen molar-refractivity contribution in [1.29, 1.82) is 0 Å². The van der Waals surface area contributed by atoms with Gasteiger partial charge in [0.2, 0.25) is 0 Å². The van der Waals surface area contributed by atoms with Crippen LogP contribution in [0.2, 0.25) is 0 Å². The van der Waals surface area contributed by atoms with E-state index in [4.69, 9.17) is 0 Å². The molecule has 1 heterocycles. The highest BCUT2D eigenvalue weighted by Gasteiger charge is 2.03. The van der Waals surface area contributed by atoms with E-state index in [0.717, 1.165) is 48.6 Å². The molecule has 0 aliphatic carbocycles. The Balaban J connectivity index is 2.01. The van der Waals surface area contributed by atoms with Crippen LogP contribution in [0.15, 0.2) is 24.3 Å². The SMILES string of the molecule is CCNCCCNc1nc2ccccc2nc1C. The van der Waals surface area contributed by atoms with Crippen LogP contribution in [0.4, 0.5) is 5.82 Å². The Hall–Kier alpha value is -1.68. The molecular formula is C14H20N4. The van der Waals surface area contributed by atoms with Gasteiger partial charge in [0, 0.05) is 6.54 Å². The summed E-state index contributed by atoms with van der Waals surface area (Å²) in [6, 6.07) is 7.96. The fourth-order valence-corrected chi connectivity index (χ4v) is 1.85. The van der Waals surface area contributed by atoms with E-state index < -0.39 is 0 Å². The third-order valence-electron chi connectivity index (χ3n) is 2.82. The summed E-state index contributed by atoms with van der Waals surface area (Å²) in [5.41, 5.74) is 2.85. The number of nitrogens with one attached hydrogen (secondary N) is 2. The highest BCUT2D eigenvalue weighted by molar-refractivity contribution is 5.76. The molecule has 4 heteroatoms. The lowest BCUT2D eigenvalue weighted by atomic mass is 10.3. The highest BCUT2D eigenvalue weighted by atomic mass is 15.0. The van der Waals surface area contributed by atoms with Crippen molar-refractivity contribution in [3.63, 3.8) is 0 Å². The zero-order chi connectivity index (χ0) is 12.8. The molecule has 0 fully saturated rings. The van der Waals surface area contributed by atoms with E-state index in [1.54, 1.807) is 0 Å². The third kappa shape index (κ3) is 3.17. The van der Waals surface area contributed by atoms with Gasteiger partial charge in [-0.3, -0.25) is 0 Å². The van der Waals surface area contributed by atoms with Crippen LogP contribution in [-0.2, 0) is 0 Å². The van der Waals surface area contributed by atoms with Gasteiger partial charge in [0.05, 0.1) is 16.7 Å². The zero-order valence-corrected chi connectivity index (χ0v) is 11.0. The molecule has 1 aromatic heterocycles. The predicted molar refractivity (Wildman–Crippen MR) is 75.9 cm³/mol. The Bertz CT molecular complexity index is 510. The summed E-state index contributed by atoms with van der Waals surface area (Å²) in [5, 5.41) is 6.65. The van der Waals surface area contributed by atoms with Crippen molar-refractivity contribution in [3.05, 3.63) is 30.0 Å². The first-order chi connectivity index (χ1) is 8.81. The van der Waals surface area contributed by atoms with Crippen LogP contribution in [0.3, 0.4) is 0 Å². The van der Waals surface area contributed by atoms with Gasteiger partial charge in [-0.2, -0.15) is 0 Å². The van der Waals surface area contributed by atoms with Gasteiger partial charge in [-0.1, -0.05) is 19.1 Å². The molecule has 1 aromatic carbocycles. The number of fused-ring (bicyclic) bond motifs is 1. The lowest BCUT2D eigenvalue weighted by Gasteiger charge is -2.09. The third-order valence-corrected chi connectivity index (χ3v) is 2.82. The summed E-state index contributed by atoms with van der Waals surface area (Å²) in [4.78, 5) is 9.15. The maximum Gasteiger partial charge on any atom is 0.148 e. The quantitative estimate of drug-likeness (QED) is 0.766. The van der Waals surface area contributed by atoms with E-state index in [-0.39, 0.29) is 0 Å². The van der Waals surface area contributed by atoms with Crippen molar-refractivity contribution in [2.24, 2.45) is 0 Å². The fourth-order valence-electron chi connectivity index (χ4n) is 1.85. The van der Waals surface area contributed by atoms with Crippen LogP contribution in [0.25, 0.3) is 11.0 Å². The van der Waals surface area contributed by atoms with Gasteiger partial charge in [0.1, 0.15) is 5.82 Å². The molecule has 2 rings (SSSR count). The van der Waals surface area contributed by atoms with Crippen molar-refractivity contribution in [2.75, 3.05) is 25.0 Å². The molecule has 0 spiro atoms. The van der Waals surface area contributed by atoms with Crippen LogP contribution in [-0.4, -0.2) is 29.6 Å². The van der Waals surface area contributed by atoms with Gasteiger partial charge in [-0.05, 0) is 38.6 Å². The summed E-state index contributed by atoms with van der Waals surface area (Å²) in [5.74, 6) is 0.894. The lowest BCUT2D eigenvalue weighted by molar-refractivity contribution is 0.688. The van der Waals surface area contributed by atoms with E-state index in [9.17, 15) is 0 Å². The molecule has 0 saturated carbocycles. The summed E-state index contributed by atoms with van der Waals surface area (Å²) in [6.45, 7) is 7.08.